The molecule has 1 aliphatic carbocycles. The van der Waals surface area contributed by atoms with Crippen LogP contribution in [0.5, 0.6) is 0 Å². The molecule has 1 aromatic heterocycles. The highest BCUT2D eigenvalue weighted by Gasteiger charge is 2.40. The molecule has 1 heterocycles. The van der Waals surface area contributed by atoms with Crippen molar-refractivity contribution in [2.75, 3.05) is 5.73 Å². The smallest absolute Gasteiger partial charge is 0.222 e. The van der Waals surface area contributed by atoms with Crippen molar-refractivity contribution >= 4 is 17.7 Å². The van der Waals surface area contributed by atoms with E-state index in [9.17, 15) is 0 Å². The van der Waals surface area contributed by atoms with Crippen molar-refractivity contribution in [2.45, 2.75) is 42.6 Å². The molecular weight excluding hydrogens is 256 g/mol. The van der Waals surface area contributed by atoms with E-state index in [0.717, 1.165) is 5.16 Å². The first-order chi connectivity index (χ1) is 9.16. The molecule has 1 saturated carbocycles. The minimum atomic E-state index is 0.298. The first kappa shape index (κ1) is 12.5. The van der Waals surface area contributed by atoms with Crippen LogP contribution in [0.3, 0.4) is 0 Å². The minimum Gasteiger partial charge on any atom is -0.368 e. The van der Waals surface area contributed by atoms with Gasteiger partial charge in [-0.2, -0.15) is 0 Å². The number of nitrogens with zero attached hydrogens (tertiary/aromatic N) is 3. The second-order valence-corrected chi connectivity index (χ2v) is 6.42. The normalized spacial score (nSPS) is 21.8. The molecule has 2 N–H and O–H groups in total. The van der Waals surface area contributed by atoms with Gasteiger partial charge in [0.25, 0.3) is 0 Å². The first-order valence-electron chi connectivity index (χ1n) is 6.59. The summed E-state index contributed by atoms with van der Waals surface area (Å²) in [5, 5.41) is 9.72. The largest absolute Gasteiger partial charge is 0.368 e. The van der Waals surface area contributed by atoms with Crippen molar-refractivity contribution in [3.05, 3.63) is 35.9 Å². The lowest BCUT2D eigenvalue weighted by molar-refractivity contribution is 0.557. The van der Waals surface area contributed by atoms with Crippen molar-refractivity contribution in [1.82, 2.24) is 14.8 Å². The van der Waals surface area contributed by atoms with E-state index in [1.165, 1.54) is 12.0 Å². The van der Waals surface area contributed by atoms with Gasteiger partial charge in [-0.15, -0.1) is 10.2 Å². The highest BCUT2D eigenvalue weighted by Crippen LogP contribution is 2.51. The number of nitrogen functional groups attached to an aromatic ring is 1. The molecule has 5 heteroatoms. The monoisotopic (exact) mass is 274 g/mol. The molecule has 1 fully saturated rings. The number of anilines is 1. The van der Waals surface area contributed by atoms with Crippen LogP contribution in [0.25, 0.3) is 0 Å². The van der Waals surface area contributed by atoms with Crippen LogP contribution in [0.1, 0.15) is 37.8 Å². The number of rotatable bonds is 4. The lowest BCUT2D eigenvalue weighted by Crippen LogP contribution is -2.07. The number of nitrogens with two attached hydrogens (primary N) is 1. The van der Waals surface area contributed by atoms with Crippen molar-refractivity contribution in [3.63, 3.8) is 0 Å². The fraction of sp³-hybridized carbons (Fsp3) is 0.429. The molecule has 0 bridgehead atoms. The summed E-state index contributed by atoms with van der Waals surface area (Å²) in [4.78, 5) is 0. The average Bonchev–Trinajstić information content (AvgIpc) is 3.06. The van der Waals surface area contributed by atoms with E-state index in [4.69, 9.17) is 5.73 Å². The van der Waals surface area contributed by atoms with Crippen LogP contribution >= 0.6 is 11.8 Å². The molecule has 1 aliphatic rings. The Hall–Kier alpha value is -1.49. The number of hydrogen-bond acceptors (Lipinski definition) is 4. The molecule has 3 rings (SSSR count). The summed E-state index contributed by atoms with van der Waals surface area (Å²) in [6.45, 7) is 4.21. The third kappa shape index (κ3) is 2.47. The van der Waals surface area contributed by atoms with Gasteiger partial charge in [-0.25, -0.2) is 0 Å². The molecule has 1 aromatic carbocycles. The van der Waals surface area contributed by atoms with E-state index in [2.05, 4.69) is 54.4 Å². The maximum atomic E-state index is 5.86. The summed E-state index contributed by atoms with van der Waals surface area (Å²) in [6.07, 6.45) is 1.21. The highest BCUT2D eigenvalue weighted by molar-refractivity contribution is 8.00. The van der Waals surface area contributed by atoms with Gasteiger partial charge >= 0.3 is 0 Å². The fourth-order valence-corrected chi connectivity index (χ4v) is 3.74. The third-order valence-corrected chi connectivity index (χ3v) is 4.74. The first-order valence-corrected chi connectivity index (χ1v) is 7.46. The summed E-state index contributed by atoms with van der Waals surface area (Å²) in [5.41, 5.74) is 7.28. The van der Waals surface area contributed by atoms with Crippen LogP contribution in [0, 0.1) is 0 Å². The Kier molecular flexibility index (Phi) is 3.22. The Balaban J connectivity index is 1.72. The molecule has 0 spiro atoms. The van der Waals surface area contributed by atoms with Gasteiger partial charge < -0.3 is 5.73 Å². The maximum Gasteiger partial charge on any atom is 0.222 e. The Morgan fingerprint density at radius 2 is 2.00 bits per heavy atom. The number of aromatic nitrogens is 3. The molecule has 2 atom stereocenters. The van der Waals surface area contributed by atoms with Crippen molar-refractivity contribution < 1.29 is 0 Å². The van der Waals surface area contributed by atoms with Gasteiger partial charge in [0.15, 0.2) is 5.16 Å². The number of benzene rings is 1. The van der Waals surface area contributed by atoms with E-state index in [1.54, 1.807) is 11.8 Å². The van der Waals surface area contributed by atoms with E-state index >= 15 is 0 Å². The van der Waals surface area contributed by atoms with Gasteiger partial charge in [-0.1, -0.05) is 42.1 Å². The van der Waals surface area contributed by atoms with E-state index < -0.39 is 0 Å². The quantitative estimate of drug-likeness (QED) is 0.930. The lowest BCUT2D eigenvalue weighted by Gasteiger charge is -2.11. The molecule has 100 valence electrons. The van der Waals surface area contributed by atoms with E-state index in [0.29, 0.717) is 23.2 Å². The molecule has 0 saturated heterocycles. The van der Waals surface area contributed by atoms with Gasteiger partial charge in [0.05, 0.1) is 0 Å². The lowest BCUT2D eigenvalue weighted by atomic mass is 10.1. The Morgan fingerprint density at radius 1 is 1.26 bits per heavy atom. The summed E-state index contributed by atoms with van der Waals surface area (Å²) >= 11 is 1.80. The molecule has 0 aliphatic heterocycles. The molecule has 19 heavy (non-hydrogen) atoms. The number of hydrogen-bond donors (Lipinski definition) is 1. The predicted octanol–water partition coefficient (Wildman–Crippen LogP) is 3.09. The molecule has 2 unspecified atom stereocenters. The average molecular weight is 274 g/mol. The van der Waals surface area contributed by atoms with Crippen LogP contribution in [0.4, 0.5) is 5.95 Å². The summed E-state index contributed by atoms with van der Waals surface area (Å²) < 4.78 is 2.00. The van der Waals surface area contributed by atoms with Gasteiger partial charge in [0.1, 0.15) is 0 Å². The van der Waals surface area contributed by atoms with E-state index in [-0.39, 0.29) is 0 Å². The van der Waals surface area contributed by atoms with Crippen LogP contribution in [-0.2, 0) is 0 Å². The Bertz CT molecular complexity index is 564. The second-order valence-electron chi connectivity index (χ2n) is 5.21. The van der Waals surface area contributed by atoms with Gasteiger partial charge in [0.2, 0.25) is 5.95 Å². The molecule has 0 radical (unpaired) electrons. The van der Waals surface area contributed by atoms with Crippen molar-refractivity contribution in [2.24, 2.45) is 0 Å². The van der Waals surface area contributed by atoms with Gasteiger partial charge in [-0.3, -0.25) is 4.57 Å². The van der Waals surface area contributed by atoms with Crippen molar-refractivity contribution in [3.8, 4) is 0 Å². The topological polar surface area (TPSA) is 56.7 Å². The van der Waals surface area contributed by atoms with Gasteiger partial charge in [-0.05, 0) is 31.7 Å². The van der Waals surface area contributed by atoms with Crippen molar-refractivity contribution in [1.29, 1.82) is 0 Å². The standard InChI is InChI=1S/C14H18N4S/c1-9(2)18-13(15)16-17-14(18)19-12-8-11(12)10-6-4-3-5-7-10/h3-7,9,11-12H,8H2,1-2H3,(H2,15,16). The molecule has 4 nitrogen and oxygen atoms in total. The molecule has 0 amide bonds. The zero-order chi connectivity index (χ0) is 13.4. The summed E-state index contributed by atoms with van der Waals surface area (Å²) in [6, 6.07) is 11.0. The molecular formula is C14H18N4S. The predicted molar refractivity (Wildman–Crippen MR) is 78.3 cm³/mol. The van der Waals surface area contributed by atoms with E-state index in [1.807, 2.05) is 4.57 Å². The van der Waals surface area contributed by atoms with Crippen LogP contribution < -0.4 is 5.73 Å². The molecule has 2 aromatic rings. The fourth-order valence-electron chi connectivity index (χ4n) is 2.34. The summed E-state index contributed by atoms with van der Waals surface area (Å²) in [7, 11) is 0. The van der Waals surface area contributed by atoms with Gasteiger partial charge in [0, 0.05) is 11.3 Å². The zero-order valence-electron chi connectivity index (χ0n) is 11.2. The second kappa shape index (κ2) is 4.89. The van der Waals surface area contributed by atoms with Crippen LogP contribution in [0.15, 0.2) is 35.5 Å². The van der Waals surface area contributed by atoms with Crippen LogP contribution in [0.2, 0.25) is 0 Å². The Morgan fingerprint density at radius 3 is 2.68 bits per heavy atom. The highest BCUT2D eigenvalue weighted by atomic mass is 32.2. The Labute approximate surface area is 117 Å². The number of thioether (sulfide) groups is 1. The minimum absolute atomic E-state index is 0.298. The summed E-state index contributed by atoms with van der Waals surface area (Å²) in [5.74, 6) is 1.15. The third-order valence-electron chi connectivity index (χ3n) is 3.42. The zero-order valence-corrected chi connectivity index (χ0v) is 12.0. The van der Waals surface area contributed by atoms with Crippen LogP contribution in [-0.4, -0.2) is 20.0 Å². The SMILES string of the molecule is CC(C)n1c(N)nnc1SC1CC1c1ccccc1. The maximum absolute atomic E-state index is 5.86.